The van der Waals surface area contributed by atoms with E-state index >= 15 is 0 Å². The molecule has 1 heterocycles. The number of aromatic amines is 1. The fraction of sp³-hybridized carbons (Fsp3) is 0.429. The van der Waals surface area contributed by atoms with Gasteiger partial charge in [0.15, 0.2) is 5.16 Å². The Morgan fingerprint density at radius 3 is 2.77 bits per heavy atom. The minimum absolute atomic E-state index is 0.114. The van der Waals surface area contributed by atoms with E-state index in [9.17, 15) is 9.90 Å². The highest BCUT2D eigenvalue weighted by Crippen LogP contribution is 2.13. The van der Waals surface area contributed by atoms with Crippen molar-refractivity contribution in [3.63, 3.8) is 0 Å². The Morgan fingerprint density at radius 1 is 1.62 bits per heavy atom. The van der Waals surface area contributed by atoms with Gasteiger partial charge in [0.2, 0.25) is 5.88 Å². The summed E-state index contributed by atoms with van der Waals surface area (Å²) in [5.74, 6) is -0.304. The summed E-state index contributed by atoms with van der Waals surface area (Å²) in [4.78, 5) is 17.4. The van der Waals surface area contributed by atoms with E-state index in [-0.39, 0.29) is 24.5 Å². The van der Waals surface area contributed by atoms with E-state index in [0.717, 1.165) is 0 Å². The van der Waals surface area contributed by atoms with Gasteiger partial charge in [-0.3, -0.25) is 4.79 Å². The maximum absolute atomic E-state index is 11.2. The molecule has 0 aliphatic rings. The molecule has 0 atom stereocenters. The van der Waals surface area contributed by atoms with Crippen LogP contribution in [0.4, 0.5) is 0 Å². The van der Waals surface area contributed by atoms with Crippen LogP contribution in [0.15, 0.2) is 9.95 Å². The normalized spacial score (nSPS) is 10.3. The summed E-state index contributed by atoms with van der Waals surface area (Å²) in [6.07, 6.45) is 1.85. The molecule has 0 fully saturated rings. The quantitative estimate of drug-likeness (QED) is 0.464. The zero-order valence-corrected chi connectivity index (χ0v) is 7.89. The molecule has 5 nitrogen and oxygen atoms in total. The van der Waals surface area contributed by atoms with Gasteiger partial charge in [-0.15, -0.1) is 0 Å². The standard InChI is InChI=1S/C7H10N2O3S/c1-13-7-8-5(11)4(2-3-10)6(12)9-7/h10H,2-3H2,1H3,(H2,8,9,11,12). The molecule has 13 heavy (non-hydrogen) atoms. The van der Waals surface area contributed by atoms with Crippen molar-refractivity contribution in [1.82, 2.24) is 9.97 Å². The molecule has 0 saturated heterocycles. The number of hydrogen-bond donors (Lipinski definition) is 3. The lowest BCUT2D eigenvalue weighted by Gasteiger charge is -2.01. The fourth-order valence-corrected chi connectivity index (χ4v) is 1.27. The summed E-state index contributed by atoms with van der Waals surface area (Å²) >= 11 is 1.23. The zero-order chi connectivity index (χ0) is 9.84. The maximum Gasteiger partial charge on any atom is 0.258 e. The highest BCUT2D eigenvalue weighted by atomic mass is 32.2. The average Bonchev–Trinajstić information content (AvgIpc) is 2.11. The first kappa shape index (κ1) is 10.1. The summed E-state index contributed by atoms with van der Waals surface area (Å²) < 4.78 is 0. The smallest absolute Gasteiger partial charge is 0.258 e. The third-order valence-corrected chi connectivity index (χ3v) is 2.11. The van der Waals surface area contributed by atoms with Crippen molar-refractivity contribution in [2.24, 2.45) is 0 Å². The Labute approximate surface area is 78.8 Å². The number of aromatic hydroxyl groups is 1. The molecule has 0 aliphatic heterocycles. The molecule has 0 unspecified atom stereocenters. The Morgan fingerprint density at radius 2 is 2.31 bits per heavy atom. The lowest BCUT2D eigenvalue weighted by atomic mass is 10.2. The van der Waals surface area contributed by atoms with Gasteiger partial charge in [-0.25, -0.2) is 0 Å². The van der Waals surface area contributed by atoms with E-state index in [2.05, 4.69) is 9.97 Å². The minimum atomic E-state index is -0.397. The molecule has 0 amide bonds. The summed E-state index contributed by atoms with van der Waals surface area (Å²) in [5.41, 5.74) is -0.272. The third-order valence-electron chi connectivity index (χ3n) is 1.53. The predicted molar refractivity (Wildman–Crippen MR) is 49.1 cm³/mol. The second-order valence-corrected chi connectivity index (χ2v) is 3.15. The van der Waals surface area contributed by atoms with E-state index in [4.69, 9.17) is 5.11 Å². The molecule has 0 aromatic carbocycles. The van der Waals surface area contributed by atoms with Crippen LogP contribution >= 0.6 is 11.8 Å². The molecule has 1 rings (SSSR count). The number of aromatic nitrogens is 2. The van der Waals surface area contributed by atoms with Crippen LogP contribution in [0.5, 0.6) is 5.88 Å². The van der Waals surface area contributed by atoms with Gasteiger partial charge in [-0.2, -0.15) is 4.98 Å². The monoisotopic (exact) mass is 202 g/mol. The SMILES string of the molecule is CSc1nc(O)c(CCO)c(=O)[nH]1. The first-order chi connectivity index (χ1) is 6.19. The fourth-order valence-electron chi connectivity index (χ4n) is 0.900. The van der Waals surface area contributed by atoms with Gasteiger partial charge in [0, 0.05) is 13.0 Å². The van der Waals surface area contributed by atoms with Crippen LogP contribution in [0.1, 0.15) is 5.56 Å². The molecule has 3 N–H and O–H groups in total. The second kappa shape index (κ2) is 4.29. The van der Waals surface area contributed by atoms with E-state index in [1.807, 2.05) is 0 Å². The number of H-pyrrole nitrogens is 1. The number of nitrogens with one attached hydrogen (secondary N) is 1. The van der Waals surface area contributed by atoms with Crippen molar-refractivity contribution in [3.05, 3.63) is 15.9 Å². The number of aliphatic hydroxyl groups excluding tert-OH is 1. The van der Waals surface area contributed by atoms with Crippen LogP contribution in [-0.4, -0.2) is 33.0 Å². The van der Waals surface area contributed by atoms with Crippen molar-refractivity contribution >= 4 is 11.8 Å². The van der Waals surface area contributed by atoms with E-state index in [0.29, 0.717) is 5.16 Å². The minimum Gasteiger partial charge on any atom is -0.493 e. The van der Waals surface area contributed by atoms with Crippen molar-refractivity contribution in [2.45, 2.75) is 11.6 Å². The van der Waals surface area contributed by atoms with Crippen LogP contribution in [0.3, 0.4) is 0 Å². The zero-order valence-electron chi connectivity index (χ0n) is 7.07. The van der Waals surface area contributed by atoms with Gasteiger partial charge < -0.3 is 15.2 Å². The summed E-state index contributed by atoms with van der Waals surface area (Å²) in [6, 6.07) is 0. The van der Waals surface area contributed by atoms with E-state index in [1.165, 1.54) is 11.8 Å². The molecular weight excluding hydrogens is 192 g/mol. The summed E-state index contributed by atoms with van der Waals surface area (Å²) in [5, 5.41) is 18.2. The highest BCUT2D eigenvalue weighted by Gasteiger charge is 2.08. The van der Waals surface area contributed by atoms with Crippen molar-refractivity contribution in [1.29, 1.82) is 0 Å². The van der Waals surface area contributed by atoms with Crippen LogP contribution in [0, 0.1) is 0 Å². The van der Waals surface area contributed by atoms with Gasteiger partial charge in [-0.05, 0) is 6.26 Å². The van der Waals surface area contributed by atoms with Gasteiger partial charge in [0.25, 0.3) is 5.56 Å². The summed E-state index contributed by atoms with van der Waals surface area (Å²) in [7, 11) is 0. The Balaban J connectivity index is 3.15. The third kappa shape index (κ3) is 2.22. The van der Waals surface area contributed by atoms with Crippen molar-refractivity contribution in [2.75, 3.05) is 12.9 Å². The predicted octanol–water partition coefficient (Wildman–Crippen LogP) is -0.268. The Bertz CT molecular complexity index is 350. The second-order valence-electron chi connectivity index (χ2n) is 2.35. The average molecular weight is 202 g/mol. The van der Waals surface area contributed by atoms with Gasteiger partial charge in [-0.1, -0.05) is 11.8 Å². The van der Waals surface area contributed by atoms with Gasteiger partial charge >= 0.3 is 0 Å². The summed E-state index contributed by atoms with van der Waals surface area (Å²) in [6.45, 7) is -0.184. The van der Waals surface area contributed by atoms with Crippen molar-refractivity contribution < 1.29 is 10.2 Å². The molecular formula is C7H10N2O3S. The van der Waals surface area contributed by atoms with Crippen LogP contribution < -0.4 is 5.56 Å². The molecule has 0 aliphatic carbocycles. The first-order valence-corrected chi connectivity index (χ1v) is 4.88. The van der Waals surface area contributed by atoms with E-state index < -0.39 is 5.56 Å². The maximum atomic E-state index is 11.2. The topological polar surface area (TPSA) is 86.2 Å². The molecule has 6 heteroatoms. The first-order valence-electron chi connectivity index (χ1n) is 3.66. The molecule has 0 bridgehead atoms. The number of aliphatic hydroxyl groups is 1. The molecule has 72 valence electrons. The number of thioether (sulfide) groups is 1. The lowest BCUT2D eigenvalue weighted by molar-refractivity contribution is 0.295. The van der Waals surface area contributed by atoms with Crippen molar-refractivity contribution in [3.8, 4) is 5.88 Å². The largest absolute Gasteiger partial charge is 0.493 e. The molecule has 1 aromatic heterocycles. The molecule has 1 aromatic rings. The van der Waals surface area contributed by atoms with Crippen LogP contribution in [0.25, 0.3) is 0 Å². The molecule has 0 radical (unpaired) electrons. The lowest BCUT2D eigenvalue weighted by Crippen LogP contribution is -2.16. The van der Waals surface area contributed by atoms with Gasteiger partial charge in [0.1, 0.15) is 0 Å². The van der Waals surface area contributed by atoms with Crippen LogP contribution in [0.2, 0.25) is 0 Å². The van der Waals surface area contributed by atoms with Gasteiger partial charge in [0.05, 0.1) is 5.56 Å². The van der Waals surface area contributed by atoms with E-state index in [1.54, 1.807) is 6.26 Å². The number of hydrogen-bond acceptors (Lipinski definition) is 5. The van der Waals surface area contributed by atoms with Crippen LogP contribution in [-0.2, 0) is 6.42 Å². The molecule has 0 saturated carbocycles. The highest BCUT2D eigenvalue weighted by molar-refractivity contribution is 7.98. The Kier molecular flexibility index (Phi) is 3.32. The molecule has 0 spiro atoms. The number of nitrogens with zero attached hydrogens (tertiary/aromatic N) is 1. The Hall–Kier alpha value is -1.01. The number of rotatable bonds is 3.